The van der Waals surface area contributed by atoms with Gasteiger partial charge in [-0.25, -0.2) is 0 Å². The predicted octanol–water partition coefficient (Wildman–Crippen LogP) is 7.53. The van der Waals surface area contributed by atoms with Gasteiger partial charge in [-0.2, -0.15) is 0 Å². The van der Waals surface area contributed by atoms with Crippen LogP contribution in [0.5, 0.6) is 17.2 Å². The highest BCUT2D eigenvalue weighted by atomic mass is 32.1. The number of benzene rings is 3. The summed E-state index contributed by atoms with van der Waals surface area (Å²) in [4.78, 5) is 9.04. The molecule has 2 atom stereocenters. The molecule has 0 radical (unpaired) electrons. The molecule has 0 bridgehead atoms. The molecule has 7 nitrogen and oxygen atoms in total. The molecule has 0 amide bonds. The summed E-state index contributed by atoms with van der Waals surface area (Å²) in [5, 5.41) is 4.24. The van der Waals surface area contributed by atoms with Crippen molar-refractivity contribution in [3.05, 3.63) is 126 Å². The van der Waals surface area contributed by atoms with Crippen LogP contribution in [0.25, 0.3) is 5.69 Å². The van der Waals surface area contributed by atoms with Crippen LogP contribution in [0.4, 0.5) is 11.4 Å². The van der Waals surface area contributed by atoms with Gasteiger partial charge >= 0.3 is 0 Å². The number of hydrogen-bond acceptors (Lipinski definition) is 5. The molecule has 5 aromatic rings. The van der Waals surface area contributed by atoms with Gasteiger partial charge in [0.05, 0.1) is 24.9 Å². The fourth-order valence-corrected chi connectivity index (χ4v) is 6.13. The Hall–Kier alpha value is -4.82. The van der Waals surface area contributed by atoms with E-state index in [1.165, 1.54) is 5.56 Å². The molecule has 0 aliphatic carbocycles. The van der Waals surface area contributed by atoms with Crippen molar-refractivity contribution in [2.45, 2.75) is 25.9 Å². The first-order chi connectivity index (χ1) is 20.8. The smallest absolute Gasteiger partial charge is 0.174 e. The van der Waals surface area contributed by atoms with Gasteiger partial charge < -0.3 is 29.2 Å². The van der Waals surface area contributed by atoms with Crippen molar-refractivity contribution in [1.29, 1.82) is 0 Å². The highest BCUT2D eigenvalue weighted by Gasteiger charge is 2.42. The number of thiocarbonyl (C=S) groups is 1. The van der Waals surface area contributed by atoms with Gasteiger partial charge in [-0.05, 0) is 123 Å². The molecule has 1 saturated heterocycles. The fourth-order valence-electron chi connectivity index (χ4n) is 5.79. The van der Waals surface area contributed by atoms with E-state index in [9.17, 15) is 0 Å². The second kappa shape index (κ2) is 11.8. The van der Waals surface area contributed by atoms with Gasteiger partial charge in [0.1, 0.15) is 17.2 Å². The van der Waals surface area contributed by atoms with Gasteiger partial charge in [-0.3, -0.25) is 4.98 Å². The Morgan fingerprint density at radius 1 is 0.814 bits per heavy atom. The van der Waals surface area contributed by atoms with Crippen LogP contribution in [-0.2, 0) is 0 Å². The molecule has 218 valence electrons. The van der Waals surface area contributed by atoms with E-state index in [0.29, 0.717) is 5.11 Å². The maximum Gasteiger partial charge on any atom is 0.174 e. The summed E-state index contributed by atoms with van der Waals surface area (Å²) < 4.78 is 13.7. The maximum atomic E-state index is 6.10. The Kier molecular flexibility index (Phi) is 7.78. The zero-order chi connectivity index (χ0) is 30.1. The van der Waals surface area contributed by atoms with E-state index in [4.69, 9.17) is 26.7 Å². The summed E-state index contributed by atoms with van der Waals surface area (Å²) in [6.45, 7) is 4.34. The molecule has 1 fully saturated rings. The molecule has 0 unspecified atom stereocenters. The number of nitrogens with one attached hydrogen (secondary N) is 1. The normalized spacial score (nSPS) is 16.2. The molecule has 0 saturated carbocycles. The lowest BCUT2D eigenvalue weighted by atomic mass is 9.96. The number of methoxy groups -OCH3 is 1. The van der Waals surface area contributed by atoms with Crippen molar-refractivity contribution in [2.24, 2.45) is 0 Å². The van der Waals surface area contributed by atoms with Gasteiger partial charge in [-0.1, -0.05) is 6.07 Å². The number of rotatable bonds is 8. The molecule has 8 heteroatoms. The van der Waals surface area contributed by atoms with Crippen molar-refractivity contribution in [2.75, 3.05) is 31.0 Å². The zero-order valence-corrected chi connectivity index (χ0v) is 25.8. The van der Waals surface area contributed by atoms with E-state index in [1.54, 1.807) is 7.11 Å². The Balaban J connectivity index is 1.37. The Labute approximate surface area is 258 Å². The predicted molar refractivity (Wildman–Crippen MR) is 177 cm³/mol. The summed E-state index contributed by atoms with van der Waals surface area (Å²) in [6.07, 6.45) is 1.83. The number of aromatic nitrogens is 2. The van der Waals surface area contributed by atoms with E-state index in [-0.39, 0.29) is 12.1 Å². The van der Waals surface area contributed by atoms with Crippen molar-refractivity contribution >= 4 is 28.7 Å². The summed E-state index contributed by atoms with van der Waals surface area (Å²) in [7, 11) is 5.76. The van der Waals surface area contributed by atoms with Crippen LogP contribution in [0, 0.1) is 13.8 Å². The minimum atomic E-state index is -0.131. The third kappa shape index (κ3) is 5.53. The van der Waals surface area contributed by atoms with E-state index in [0.717, 1.165) is 51.4 Å². The minimum absolute atomic E-state index is 0.114. The van der Waals surface area contributed by atoms with Crippen molar-refractivity contribution in [1.82, 2.24) is 14.9 Å². The molecule has 2 aromatic heterocycles. The second-order valence-electron chi connectivity index (χ2n) is 10.8. The van der Waals surface area contributed by atoms with Gasteiger partial charge in [0.25, 0.3) is 0 Å². The van der Waals surface area contributed by atoms with Crippen LogP contribution >= 0.6 is 12.2 Å². The van der Waals surface area contributed by atoms with Crippen LogP contribution in [-0.4, -0.2) is 35.9 Å². The van der Waals surface area contributed by atoms with Crippen molar-refractivity contribution < 1.29 is 9.47 Å². The summed E-state index contributed by atoms with van der Waals surface area (Å²) >= 11 is 5.99. The van der Waals surface area contributed by atoms with E-state index in [1.807, 2.05) is 54.7 Å². The molecule has 1 aliphatic rings. The first kappa shape index (κ1) is 28.3. The van der Waals surface area contributed by atoms with Crippen LogP contribution in [0.1, 0.15) is 34.7 Å². The third-order valence-electron chi connectivity index (χ3n) is 7.92. The molecule has 3 heterocycles. The number of ether oxygens (including phenoxy) is 2. The van der Waals surface area contributed by atoms with Gasteiger partial charge in [0.2, 0.25) is 0 Å². The number of aryl methyl sites for hydroxylation is 1. The highest BCUT2D eigenvalue weighted by Crippen LogP contribution is 2.44. The second-order valence-corrected chi connectivity index (χ2v) is 11.2. The monoisotopic (exact) mass is 589 g/mol. The number of anilines is 2. The standard InChI is InChI=1S/C35H35N5O2S/c1-23-22-31(24(2)39(23)26-11-9-25(10-12-26)38(3)4)34-33(32-8-6-7-21-36-32)37-35(43)40(34)27-13-15-29(16-14-27)42-30-19-17-28(41-5)18-20-30/h6-22,33-34H,1-5H3,(H,37,43)/t33-,34-/m0/s1. The highest BCUT2D eigenvalue weighted by molar-refractivity contribution is 7.80. The Morgan fingerprint density at radius 2 is 1.44 bits per heavy atom. The molecule has 1 aliphatic heterocycles. The quantitative estimate of drug-likeness (QED) is 0.188. The number of hydrogen-bond donors (Lipinski definition) is 1. The zero-order valence-electron chi connectivity index (χ0n) is 25.0. The summed E-state index contributed by atoms with van der Waals surface area (Å²) in [6, 6.07) is 32.3. The van der Waals surface area contributed by atoms with Gasteiger partial charge in [0, 0.05) is 48.7 Å². The number of pyridine rings is 1. The minimum Gasteiger partial charge on any atom is -0.497 e. The molecular formula is C35H35N5O2S. The number of nitrogens with zero attached hydrogens (tertiary/aromatic N) is 4. The van der Waals surface area contributed by atoms with E-state index in [2.05, 4.69) is 96.2 Å². The SMILES string of the molecule is COc1ccc(Oc2ccc(N3C(=S)N[C@@H](c4ccccn4)[C@@H]3c3cc(C)n(-c4ccc(N(C)C)cc4)c3C)cc2)cc1. The van der Waals surface area contributed by atoms with E-state index >= 15 is 0 Å². The van der Waals surface area contributed by atoms with Crippen molar-refractivity contribution in [3.8, 4) is 22.9 Å². The molecule has 1 N–H and O–H groups in total. The first-order valence-electron chi connectivity index (χ1n) is 14.2. The summed E-state index contributed by atoms with van der Waals surface area (Å²) in [5.41, 5.74) is 7.72. The third-order valence-corrected chi connectivity index (χ3v) is 8.24. The Morgan fingerprint density at radius 3 is 2.05 bits per heavy atom. The molecular weight excluding hydrogens is 554 g/mol. The van der Waals surface area contributed by atoms with Crippen LogP contribution in [0.3, 0.4) is 0 Å². The van der Waals surface area contributed by atoms with Crippen LogP contribution in [0.2, 0.25) is 0 Å². The topological polar surface area (TPSA) is 54.8 Å². The largest absolute Gasteiger partial charge is 0.497 e. The van der Waals surface area contributed by atoms with Gasteiger partial charge in [0.15, 0.2) is 5.11 Å². The molecule has 43 heavy (non-hydrogen) atoms. The average Bonchev–Trinajstić information content (AvgIpc) is 3.52. The lowest BCUT2D eigenvalue weighted by molar-refractivity contribution is 0.413. The summed E-state index contributed by atoms with van der Waals surface area (Å²) in [5.74, 6) is 2.27. The van der Waals surface area contributed by atoms with Crippen molar-refractivity contribution in [3.63, 3.8) is 0 Å². The molecule has 3 aromatic carbocycles. The fraction of sp³-hybridized carbons (Fsp3) is 0.200. The average molecular weight is 590 g/mol. The van der Waals surface area contributed by atoms with Crippen LogP contribution < -0.4 is 24.6 Å². The maximum absolute atomic E-state index is 6.10. The Bertz CT molecular complexity index is 1720. The van der Waals surface area contributed by atoms with Gasteiger partial charge in [-0.15, -0.1) is 0 Å². The lowest BCUT2D eigenvalue weighted by Crippen LogP contribution is -2.29. The van der Waals surface area contributed by atoms with Crippen LogP contribution in [0.15, 0.2) is 103 Å². The molecule has 6 rings (SSSR count). The van der Waals surface area contributed by atoms with E-state index < -0.39 is 0 Å². The molecule has 0 spiro atoms. The first-order valence-corrected chi connectivity index (χ1v) is 14.6. The lowest BCUT2D eigenvalue weighted by Gasteiger charge is -2.28.